The quantitative estimate of drug-likeness (QED) is 0.878. The smallest absolute Gasteiger partial charge is 0.321 e. The number of hydrogen-bond donors (Lipinski definition) is 2. The number of rotatable bonds is 4. The number of amides is 2. The zero-order valence-electron chi connectivity index (χ0n) is 11.9. The van der Waals surface area contributed by atoms with Crippen molar-refractivity contribution in [3.63, 3.8) is 0 Å². The third-order valence-electron chi connectivity index (χ3n) is 3.73. The van der Waals surface area contributed by atoms with Crippen molar-refractivity contribution in [2.75, 3.05) is 18.0 Å². The number of nitrogens with zero attached hydrogens (tertiary/aromatic N) is 1. The summed E-state index contributed by atoms with van der Waals surface area (Å²) in [5.41, 5.74) is 1.70. The van der Waals surface area contributed by atoms with Gasteiger partial charge in [0.05, 0.1) is 4.90 Å². The molecule has 0 aromatic heterocycles. The van der Waals surface area contributed by atoms with Crippen molar-refractivity contribution in [1.82, 2.24) is 10.0 Å². The molecule has 3 rings (SSSR count). The Labute approximate surface area is 124 Å². The van der Waals surface area contributed by atoms with Gasteiger partial charge in [0.2, 0.25) is 10.0 Å². The monoisotopic (exact) mass is 309 g/mol. The van der Waals surface area contributed by atoms with Gasteiger partial charge in [0.1, 0.15) is 0 Å². The summed E-state index contributed by atoms with van der Waals surface area (Å²) in [5.74, 6) is 0. The number of carbonyl (C=O) groups is 1. The van der Waals surface area contributed by atoms with Gasteiger partial charge in [0, 0.05) is 24.8 Å². The molecular weight excluding hydrogens is 290 g/mol. The topological polar surface area (TPSA) is 78.5 Å². The molecule has 1 aromatic rings. The van der Waals surface area contributed by atoms with Gasteiger partial charge >= 0.3 is 6.03 Å². The van der Waals surface area contributed by atoms with E-state index in [2.05, 4.69) is 10.0 Å². The Morgan fingerprint density at radius 3 is 2.81 bits per heavy atom. The molecule has 2 N–H and O–H groups in total. The molecular formula is C14H19N3O3S. The Balaban J connectivity index is 1.84. The fraction of sp³-hybridized carbons (Fsp3) is 0.500. The second kappa shape index (κ2) is 5.31. The van der Waals surface area contributed by atoms with Gasteiger partial charge in [-0.15, -0.1) is 0 Å². The van der Waals surface area contributed by atoms with E-state index in [1.165, 1.54) is 0 Å². The van der Waals surface area contributed by atoms with Crippen molar-refractivity contribution >= 4 is 21.7 Å². The van der Waals surface area contributed by atoms with Crippen molar-refractivity contribution in [2.45, 2.75) is 37.1 Å². The third-order valence-corrected chi connectivity index (χ3v) is 5.25. The van der Waals surface area contributed by atoms with Gasteiger partial charge in [-0.05, 0) is 49.9 Å². The molecule has 114 valence electrons. The maximum Gasteiger partial charge on any atom is 0.321 e. The fourth-order valence-electron chi connectivity index (χ4n) is 2.49. The summed E-state index contributed by atoms with van der Waals surface area (Å²) < 4.78 is 27.1. The largest absolute Gasteiger partial charge is 0.338 e. The standard InChI is InChI=1S/C14H19N3O3S/c1-2-15-14(18)17-8-7-10-9-12(5-6-13(10)17)21(19,20)16-11-3-4-11/h5-6,9,11,16H,2-4,7-8H2,1H3,(H,15,18). The number of nitrogens with one attached hydrogen (secondary N) is 2. The highest BCUT2D eigenvalue weighted by Crippen LogP contribution is 2.31. The number of carbonyl (C=O) groups excluding carboxylic acids is 1. The van der Waals surface area contributed by atoms with Crippen LogP contribution >= 0.6 is 0 Å². The molecule has 2 amide bonds. The first kappa shape index (κ1) is 14.3. The van der Waals surface area contributed by atoms with Crippen LogP contribution < -0.4 is 14.9 Å². The van der Waals surface area contributed by atoms with Crippen molar-refractivity contribution in [3.05, 3.63) is 23.8 Å². The lowest BCUT2D eigenvalue weighted by Gasteiger charge is -2.17. The van der Waals surface area contributed by atoms with Crippen LogP contribution in [0.15, 0.2) is 23.1 Å². The minimum absolute atomic E-state index is 0.0927. The summed E-state index contributed by atoms with van der Waals surface area (Å²) in [7, 11) is -3.44. The van der Waals surface area contributed by atoms with Gasteiger partial charge in [-0.25, -0.2) is 17.9 Å². The van der Waals surface area contributed by atoms with Gasteiger partial charge in [0.25, 0.3) is 0 Å². The number of anilines is 1. The highest BCUT2D eigenvalue weighted by molar-refractivity contribution is 7.89. The Kier molecular flexibility index (Phi) is 3.62. The lowest BCUT2D eigenvalue weighted by Crippen LogP contribution is -2.38. The second-order valence-electron chi connectivity index (χ2n) is 5.42. The Morgan fingerprint density at radius 1 is 1.38 bits per heavy atom. The molecule has 1 heterocycles. The SMILES string of the molecule is CCNC(=O)N1CCc2cc(S(=O)(=O)NC3CC3)ccc21. The molecule has 1 fully saturated rings. The normalized spacial score (nSPS) is 17.7. The molecule has 0 saturated heterocycles. The van der Waals surface area contributed by atoms with Crippen LogP contribution in [-0.4, -0.2) is 33.6 Å². The number of hydrogen-bond acceptors (Lipinski definition) is 3. The number of urea groups is 1. The first-order valence-corrected chi connectivity index (χ1v) is 8.70. The fourth-order valence-corrected chi connectivity index (χ4v) is 3.85. The average Bonchev–Trinajstić information content (AvgIpc) is 3.14. The lowest BCUT2D eigenvalue weighted by atomic mass is 10.2. The maximum absolute atomic E-state index is 12.2. The van der Waals surface area contributed by atoms with Crippen molar-refractivity contribution in [1.29, 1.82) is 0 Å². The van der Waals surface area contributed by atoms with E-state index in [1.807, 2.05) is 6.92 Å². The summed E-state index contributed by atoms with van der Waals surface area (Å²) >= 11 is 0. The molecule has 1 aromatic carbocycles. The van der Waals surface area contributed by atoms with E-state index < -0.39 is 10.0 Å². The first-order valence-electron chi connectivity index (χ1n) is 7.22. The van der Waals surface area contributed by atoms with Gasteiger partial charge in [0.15, 0.2) is 0 Å². The molecule has 0 bridgehead atoms. The molecule has 1 saturated carbocycles. The molecule has 6 nitrogen and oxygen atoms in total. The summed E-state index contributed by atoms with van der Waals surface area (Å²) in [6.07, 6.45) is 2.50. The van der Waals surface area contributed by atoms with Crippen LogP contribution in [-0.2, 0) is 16.4 Å². The molecule has 7 heteroatoms. The van der Waals surface area contributed by atoms with E-state index in [4.69, 9.17) is 0 Å². The summed E-state index contributed by atoms with van der Waals surface area (Å²) in [6, 6.07) is 4.93. The predicted molar refractivity (Wildman–Crippen MR) is 79.9 cm³/mol. The Hall–Kier alpha value is -1.60. The van der Waals surface area contributed by atoms with E-state index in [-0.39, 0.29) is 17.0 Å². The molecule has 0 unspecified atom stereocenters. The van der Waals surface area contributed by atoms with Crippen molar-refractivity contribution < 1.29 is 13.2 Å². The molecule has 2 aliphatic rings. The highest BCUT2D eigenvalue weighted by atomic mass is 32.2. The molecule has 1 aliphatic carbocycles. The van der Waals surface area contributed by atoms with Gasteiger partial charge in [-0.1, -0.05) is 0 Å². The van der Waals surface area contributed by atoms with E-state index in [0.717, 1.165) is 24.1 Å². The van der Waals surface area contributed by atoms with Crippen molar-refractivity contribution in [2.24, 2.45) is 0 Å². The third kappa shape index (κ3) is 2.89. The minimum atomic E-state index is -3.44. The molecule has 21 heavy (non-hydrogen) atoms. The van der Waals surface area contributed by atoms with E-state index in [1.54, 1.807) is 23.1 Å². The highest BCUT2D eigenvalue weighted by Gasteiger charge is 2.30. The van der Waals surface area contributed by atoms with E-state index in [9.17, 15) is 13.2 Å². The zero-order chi connectivity index (χ0) is 15.0. The van der Waals surface area contributed by atoms with Gasteiger partial charge < -0.3 is 5.32 Å². The number of fused-ring (bicyclic) bond motifs is 1. The second-order valence-corrected chi connectivity index (χ2v) is 7.14. The van der Waals surface area contributed by atoms with Crippen LogP contribution in [0.1, 0.15) is 25.3 Å². The summed E-state index contributed by atoms with van der Waals surface area (Å²) in [6.45, 7) is 3.03. The zero-order valence-corrected chi connectivity index (χ0v) is 12.7. The first-order chi connectivity index (χ1) is 10.0. The molecule has 0 radical (unpaired) electrons. The lowest BCUT2D eigenvalue weighted by molar-refractivity contribution is 0.247. The average molecular weight is 309 g/mol. The van der Waals surface area contributed by atoms with Crippen LogP contribution in [0.5, 0.6) is 0 Å². The van der Waals surface area contributed by atoms with E-state index in [0.29, 0.717) is 19.5 Å². The van der Waals surface area contributed by atoms with Crippen LogP contribution in [0.4, 0.5) is 10.5 Å². The number of sulfonamides is 1. The molecule has 0 spiro atoms. The summed E-state index contributed by atoms with van der Waals surface area (Å²) in [4.78, 5) is 13.9. The van der Waals surface area contributed by atoms with Gasteiger partial charge in [-0.2, -0.15) is 0 Å². The summed E-state index contributed by atoms with van der Waals surface area (Å²) in [5, 5.41) is 2.76. The van der Waals surface area contributed by atoms with Crippen LogP contribution in [0, 0.1) is 0 Å². The maximum atomic E-state index is 12.2. The Morgan fingerprint density at radius 2 is 2.14 bits per heavy atom. The van der Waals surface area contributed by atoms with E-state index >= 15 is 0 Å². The Bertz CT molecular complexity index is 668. The predicted octanol–water partition coefficient (Wildman–Crippen LogP) is 1.22. The van der Waals surface area contributed by atoms with Crippen LogP contribution in [0.25, 0.3) is 0 Å². The van der Waals surface area contributed by atoms with Gasteiger partial charge in [-0.3, -0.25) is 4.90 Å². The number of benzene rings is 1. The minimum Gasteiger partial charge on any atom is -0.338 e. The van der Waals surface area contributed by atoms with Crippen molar-refractivity contribution in [3.8, 4) is 0 Å². The molecule has 0 atom stereocenters. The molecule has 1 aliphatic heterocycles. The van der Waals surface area contributed by atoms with Crippen LogP contribution in [0.2, 0.25) is 0 Å². The van der Waals surface area contributed by atoms with Crippen LogP contribution in [0.3, 0.4) is 0 Å².